The van der Waals surface area contributed by atoms with Crippen molar-refractivity contribution < 1.29 is 14.4 Å². The molecule has 1 N–H and O–H groups in total. The Labute approximate surface area is 167 Å². The highest BCUT2D eigenvalue weighted by molar-refractivity contribution is 6.22. The monoisotopic (exact) mass is 385 g/mol. The zero-order chi connectivity index (χ0) is 20.1. The SMILES string of the molecule is CCCCN1C(=O)c2ccc(C(=O)NCCCN3CCCCC3C)cc2C1=O. The third-order valence-electron chi connectivity index (χ3n) is 5.82. The second-order valence-electron chi connectivity index (χ2n) is 7.87. The van der Waals surface area contributed by atoms with E-state index in [0.717, 1.165) is 32.4 Å². The van der Waals surface area contributed by atoms with E-state index in [1.165, 1.54) is 24.2 Å². The van der Waals surface area contributed by atoms with Crippen molar-refractivity contribution in [2.45, 2.75) is 58.4 Å². The average Bonchev–Trinajstić information content (AvgIpc) is 2.94. The van der Waals surface area contributed by atoms with Gasteiger partial charge in [0.15, 0.2) is 0 Å². The maximum absolute atomic E-state index is 12.5. The number of unbranched alkanes of at least 4 members (excludes halogenated alkanes) is 1. The van der Waals surface area contributed by atoms with Crippen molar-refractivity contribution in [1.29, 1.82) is 0 Å². The molecule has 0 aromatic heterocycles. The molecule has 0 spiro atoms. The van der Waals surface area contributed by atoms with Gasteiger partial charge in [0.2, 0.25) is 0 Å². The summed E-state index contributed by atoms with van der Waals surface area (Å²) in [5.74, 6) is -0.736. The molecule has 3 rings (SSSR count). The second-order valence-corrected chi connectivity index (χ2v) is 7.87. The summed E-state index contributed by atoms with van der Waals surface area (Å²) >= 11 is 0. The van der Waals surface area contributed by atoms with Gasteiger partial charge in [0.25, 0.3) is 17.7 Å². The minimum Gasteiger partial charge on any atom is -0.352 e. The largest absolute Gasteiger partial charge is 0.352 e. The number of carbonyl (C=O) groups excluding carboxylic acids is 3. The number of carbonyl (C=O) groups is 3. The maximum Gasteiger partial charge on any atom is 0.261 e. The third kappa shape index (κ3) is 4.43. The number of amides is 3. The van der Waals surface area contributed by atoms with Gasteiger partial charge in [-0.3, -0.25) is 19.3 Å². The van der Waals surface area contributed by atoms with Gasteiger partial charge in [0, 0.05) is 31.2 Å². The van der Waals surface area contributed by atoms with Crippen LogP contribution in [-0.2, 0) is 0 Å². The van der Waals surface area contributed by atoms with Crippen molar-refractivity contribution in [3.05, 3.63) is 34.9 Å². The lowest BCUT2D eigenvalue weighted by molar-refractivity contribution is 0.0652. The van der Waals surface area contributed by atoms with Crippen LogP contribution in [0.5, 0.6) is 0 Å². The number of likely N-dealkylation sites (tertiary alicyclic amines) is 1. The summed E-state index contributed by atoms with van der Waals surface area (Å²) in [5.41, 5.74) is 1.18. The molecule has 0 radical (unpaired) electrons. The first-order valence-corrected chi connectivity index (χ1v) is 10.6. The Balaban J connectivity index is 1.54. The van der Waals surface area contributed by atoms with Gasteiger partial charge in [-0.1, -0.05) is 19.8 Å². The van der Waals surface area contributed by atoms with Gasteiger partial charge in [-0.05, 0) is 57.4 Å². The number of rotatable bonds is 8. The zero-order valence-corrected chi connectivity index (χ0v) is 17.0. The van der Waals surface area contributed by atoms with Crippen molar-refractivity contribution in [1.82, 2.24) is 15.1 Å². The number of hydrogen-bond acceptors (Lipinski definition) is 4. The predicted octanol–water partition coefficient (Wildman–Crippen LogP) is 3.08. The van der Waals surface area contributed by atoms with Crippen LogP contribution in [0.15, 0.2) is 18.2 Å². The van der Waals surface area contributed by atoms with Crippen LogP contribution in [0.25, 0.3) is 0 Å². The average molecular weight is 386 g/mol. The summed E-state index contributed by atoms with van der Waals surface area (Å²) in [6.45, 7) is 7.46. The summed E-state index contributed by atoms with van der Waals surface area (Å²) in [5, 5.41) is 2.94. The van der Waals surface area contributed by atoms with E-state index in [-0.39, 0.29) is 17.7 Å². The normalized spacial score (nSPS) is 19.8. The lowest BCUT2D eigenvalue weighted by Gasteiger charge is -2.33. The number of imide groups is 1. The van der Waals surface area contributed by atoms with E-state index >= 15 is 0 Å². The molecule has 1 aromatic rings. The number of benzene rings is 1. The van der Waals surface area contributed by atoms with Gasteiger partial charge in [-0.25, -0.2) is 0 Å². The molecule has 1 fully saturated rings. The molecule has 1 saturated heterocycles. The maximum atomic E-state index is 12.5. The number of fused-ring (bicyclic) bond motifs is 1. The third-order valence-corrected chi connectivity index (χ3v) is 5.82. The zero-order valence-electron chi connectivity index (χ0n) is 17.0. The van der Waals surface area contributed by atoms with Crippen LogP contribution in [-0.4, -0.2) is 59.7 Å². The van der Waals surface area contributed by atoms with E-state index in [1.807, 2.05) is 6.92 Å². The molecule has 3 amide bonds. The summed E-state index contributed by atoms with van der Waals surface area (Å²) in [4.78, 5) is 41.1. The molecular weight excluding hydrogens is 354 g/mol. The van der Waals surface area contributed by atoms with Crippen molar-refractivity contribution >= 4 is 17.7 Å². The van der Waals surface area contributed by atoms with Crippen LogP contribution >= 0.6 is 0 Å². The van der Waals surface area contributed by atoms with Crippen molar-refractivity contribution in [2.75, 3.05) is 26.2 Å². The summed E-state index contributed by atoms with van der Waals surface area (Å²) < 4.78 is 0. The van der Waals surface area contributed by atoms with Gasteiger partial charge in [0.05, 0.1) is 11.1 Å². The highest BCUT2D eigenvalue weighted by Gasteiger charge is 2.35. The minimum atomic E-state index is -0.290. The van der Waals surface area contributed by atoms with Crippen LogP contribution in [0, 0.1) is 0 Å². The molecule has 0 bridgehead atoms. The van der Waals surface area contributed by atoms with E-state index in [9.17, 15) is 14.4 Å². The topological polar surface area (TPSA) is 69.7 Å². The van der Waals surface area contributed by atoms with Gasteiger partial charge in [-0.2, -0.15) is 0 Å². The van der Waals surface area contributed by atoms with E-state index in [0.29, 0.717) is 35.8 Å². The summed E-state index contributed by atoms with van der Waals surface area (Å²) in [7, 11) is 0. The Morgan fingerprint density at radius 1 is 1.11 bits per heavy atom. The first-order chi connectivity index (χ1) is 13.5. The number of hydrogen-bond donors (Lipinski definition) is 1. The van der Waals surface area contributed by atoms with Crippen LogP contribution < -0.4 is 5.32 Å². The molecule has 152 valence electrons. The molecule has 0 aliphatic carbocycles. The quantitative estimate of drug-likeness (QED) is 0.551. The van der Waals surface area contributed by atoms with Crippen LogP contribution in [0.1, 0.15) is 83.4 Å². The van der Waals surface area contributed by atoms with Crippen LogP contribution in [0.4, 0.5) is 0 Å². The van der Waals surface area contributed by atoms with Gasteiger partial charge < -0.3 is 10.2 Å². The van der Waals surface area contributed by atoms with E-state index < -0.39 is 0 Å². The number of nitrogens with zero attached hydrogens (tertiary/aromatic N) is 2. The number of nitrogens with one attached hydrogen (secondary N) is 1. The molecule has 2 aliphatic rings. The molecule has 6 heteroatoms. The standard InChI is InChI=1S/C22H31N3O3/c1-3-4-14-25-21(27)18-10-9-17(15-19(18)22(25)28)20(26)23-11-7-13-24-12-6-5-8-16(24)2/h9-10,15-16H,3-8,11-14H2,1-2H3,(H,23,26). The first kappa shape index (κ1) is 20.5. The molecule has 2 heterocycles. The molecular formula is C22H31N3O3. The summed E-state index contributed by atoms with van der Waals surface area (Å²) in [6, 6.07) is 5.42. The molecule has 6 nitrogen and oxygen atoms in total. The molecule has 1 atom stereocenters. The fraction of sp³-hybridized carbons (Fsp3) is 0.591. The van der Waals surface area contributed by atoms with Crippen molar-refractivity contribution in [3.8, 4) is 0 Å². The van der Waals surface area contributed by atoms with Crippen LogP contribution in [0.2, 0.25) is 0 Å². The molecule has 0 saturated carbocycles. The lowest BCUT2D eigenvalue weighted by atomic mass is 10.0. The first-order valence-electron chi connectivity index (χ1n) is 10.6. The second kappa shape index (κ2) is 9.32. The Bertz CT molecular complexity index is 747. The fourth-order valence-corrected chi connectivity index (χ4v) is 4.03. The van der Waals surface area contributed by atoms with Crippen molar-refractivity contribution in [3.63, 3.8) is 0 Å². The predicted molar refractivity (Wildman–Crippen MR) is 109 cm³/mol. The fourth-order valence-electron chi connectivity index (χ4n) is 4.03. The smallest absolute Gasteiger partial charge is 0.261 e. The Morgan fingerprint density at radius 3 is 2.64 bits per heavy atom. The van der Waals surface area contributed by atoms with E-state index in [2.05, 4.69) is 17.1 Å². The number of piperidine rings is 1. The summed E-state index contributed by atoms with van der Waals surface area (Å²) in [6.07, 6.45) is 6.43. The minimum absolute atomic E-state index is 0.193. The Morgan fingerprint density at radius 2 is 1.89 bits per heavy atom. The molecule has 1 aromatic carbocycles. The molecule has 28 heavy (non-hydrogen) atoms. The lowest BCUT2D eigenvalue weighted by Crippen LogP contribution is -2.39. The van der Waals surface area contributed by atoms with Gasteiger partial charge in [0.1, 0.15) is 0 Å². The highest BCUT2D eigenvalue weighted by atomic mass is 16.2. The Hall–Kier alpha value is -2.21. The van der Waals surface area contributed by atoms with Gasteiger partial charge in [-0.15, -0.1) is 0 Å². The molecule has 2 aliphatic heterocycles. The van der Waals surface area contributed by atoms with Crippen LogP contribution in [0.3, 0.4) is 0 Å². The van der Waals surface area contributed by atoms with E-state index in [1.54, 1.807) is 18.2 Å². The Kier molecular flexibility index (Phi) is 6.83. The molecule has 1 unspecified atom stereocenters. The van der Waals surface area contributed by atoms with Gasteiger partial charge >= 0.3 is 0 Å². The van der Waals surface area contributed by atoms with E-state index in [4.69, 9.17) is 0 Å². The highest BCUT2D eigenvalue weighted by Crippen LogP contribution is 2.24. The van der Waals surface area contributed by atoms with Crippen molar-refractivity contribution in [2.24, 2.45) is 0 Å².